The van der Waals surface area contributed by atoms with Crippen molar-refractivity contribution in [1.29, 1.82) is 0 Å². The lowest BCUT2D eigenvalue weighted by atomic mass is 10.1. The second-order valence-corrected chi connectivity index (χ2v) is 4.07. The fourth-order valence-electron chi connectivity index (χ4n) is 1.31. The van der Waals surface area contributed by atoms with E-state index in [1.807, 2.05) is 0 Å². The Morgan fingerprint density at radius 2 is 2.33 bits per heavy atom. The van der Waals surface area contributed by atoms with Crippen LogP contribution in [0.5, 0.6) is 5.75 Å². The van der Waals surface area contributed by atoms with Crippen LogP contribution in [0.3, 0.4) is 0 Å². The number of thioether (sulfide) groups is 1. The van der Waals surface area contributed by atoms with Crippen molar-refractivity contribution >= 4 is 23.5 Å². The molecular formula is C10H8O4S. The van der Waals surface area contributed by atoms with Crippen molar-refractivity contribution in [3.05, 3.63) is 23.8 Å². The highest BCUT2D eigenvalue weighted by Gasteiger charge is 2.20. The van der Waals surface area contributed by atoms with Crippen LogP contribution in [0.4, 0.5) is 0 Å². The van der Waals surface area contributed by atoms with E-state index < -0.39 is 5.97 Å². The van der Waals surface area contributed by atoms with Gasteiger partial charge in [0, 0.05) is 10.5 Å². The van der Waals surface area contributed by atoms with E-state index in [0.717, 1.165) is 4.90 Å². The third kappa shape index (κ3) is 2.12. The maximum absolute atomic E-state index is 11.4. The van der Waals surface area contributed by atoms with Crippen molar-refractivity contribution in [3.8, 4) is 5.75 Å². The van der Waals surface area contributed by atoms with Crippen molar-refractivity contribution in [2.75, 3.05) is 12.4 Å². The minimum Gasteiger partial charge on any atom is -0.482 e. The van der Waals surface area contributed by atoms with Crippen molar-refractivity contribution in [3.63, 3.8) is 0 Å². The van der Waals surface area contributed by atoms with Crippen molar-refractivity contribution in [2.24, 2.45) is 0 Å². The van der Waals surface area contributed by atoms with Gasteiger partial charge in [-0.2, -0.15) is 0 Å². The second-order valence-electron chi connectivity index (χ2n) is 3.05. The minimum absolute atomic E-state index is 0.0655. The lowest BCUT2D eigenvalue weighted by molar-refractivity contribution is -0.139. The molecule has 0 atom stereocenters. The maximum atomic E-state index is 11.4. The molecule has 1 heterocycles. The Morgan fingerprint density at radius 1 is 1.53 bits per heavy atom. The van der Waals surface area contributed by atoms with Crippen LogP contribution in [-0.4, -0.2) is 29.2 Å². The van der Waals surface area contributed by atoms with Gasteiger partial charge in [-0.15, -0.1) is 11.8 Å². The monoisotopic (exact) mass is 224 g/mol. The number of fused-ring (bicyclic) bond motifs is 1. The summed E-state index contributed by atoms with van der Waals surface area (Å²) in [5, 5.41) is 8.42. The number of aliphatic carboxylic acids is 1. The number of carboxylic acids is 1. The summed E-state index contributed by atoms with van der Waals surface area (Å²) in [6, 6.07) is 5.05. The minimum atomic E-state index is -1.03. The number of hydrogen-bond acceptors (Lipinski definition) is 4. The van der Waals surface area contributed by atoms with Gasteiger partial charge in [-0.25, -0.2) is 4.79 Å². The summed E-state index contributed by atoms with van der Waals surface area (Å²) in [5.41, 5.74) is 0.628. The Labute approximate surface area is 90.2 Å². The molecule has 0 amide bonds. The molecule has 0 unspecified atom stereocenters. The lowest BCUT2D eigenvalue weighted by Crippen LogP contribution is -2.09. The van der Waals surface area contributed by atoms with Crippen LogP contribution in [0, 0.1) is 0 Å². The molecule has 78 valence electrons. The highest BCUT2D eigenvalue weighted by atomic mass is 32.2. The van der Waals surface area contributed by atoms with Crippen molar-refractivity contribution in [2.45, 2.75) is 4.90 Å². The molecule has 1 aromatic rings. The van der Waals surface area contributed by atoms with E-state index in [4.69, 9.17) is 9.84 Å². The first-order valence-electron chi connectivity index (χ1n) is 4.31. The number of rotatable bonds is 3. The third-order valence-electron chi connectivity index (χ3n) is 1.97. The van der Waals surface area contributed by atoms with Crippen LogP contribution in [0.2, 0.25) is 0 Å². The van der Waals surface area contributed by atoms with Crippen molar-refractivity contribution < 1.29 is 19.4 Å². The highest BCUT2D eigenvalue weighted by Crippen LogP contribution is 2.33. The molecule has 4 nitrogen and oxygen atoms in total. The first kappa shape index (κ1) is 10.0. The topological polar surface area (TPSA) is 63.6 Å². The summed E-state index contributed by atoms with van der Waals surface area (Å²) in [4.78, 5) is 22.6. The quantitative estimate of drug-likeness (QED) is 0.841. The van der Waals surface area contributed by atoms with Gasteiger partial charge in [-0.1, -0.05) is 0 Å². The number of carbonyl (C=O) groups is 2. The van der Waals surface area contributed by atoms with Gasteiger partial charge in [0.25, 0.3) is 0 Å². The fraction of sp³-hybridized carbons (Fsp3) is 0.200. The Bertz CT molecular complexity index is 427. The van der Waals surface area contributed by atoms with E-state index in [9.17, 15) is 9.59 Å². The molecule has 0 saturated heterocycles. The predicted molar refractivity (Wildman–Crippen MR) is 54.6 cm³/mol. The second kappa shape index (κ2) is 3.94. The summed E-state index contributed by atoms with van der Waals surface area (Å²) in [5.74, 6) is -0.0865. The number of hydrogen-bond donors (Lipinski definition) is 1. The molecule has 1 N–H and O–H groups in total. The summed E-state index contributed by atoms with van der Waals surface area (Å²) in [6.07, 6.45) is 0. The van der Waals surface area contributed by atoms with E-state index in [2.05, 4.69) is 0 Å². The zero-order chi connectivity index (χ0) is 10.8. The molecule has 1 aliphatic rings. The molecule has 0 radical (unpaired) electrons. The Hall–Kier alpha value is -1.49. The molecule has 0 spiro atoms. The zero-order valence-electron chi connectivity index (χ0n) is 7.73. The van der Waals surface area contributed by atoms with Crippen molar-refractivity contribution in [1.82, 2.24) is 0 Å². The standard InChI is InChI=1S/C10H8O4S/c11-8-5-15-9-2-1-6(3-7(8)9)14-4-10(12)13/h1-3H,4-5H2,(H,12,13). The SMILES string of the molecule is O=C(O)COc1ccc2c(c1)C(=O)CS2. The van der Waals surface area contributed by atoms with Crippen LogP contribution in [0.15, 0.2) is 23.1 Å². The Balaban J connectivity index is 2.18. The van der Waals surface area contributed by atoms with Gasteiger partial charge in [0.2, 0.25) is 0 Å². The lowest BCUT2D eigenvalue weighted by Gasteiger charge is -2.04. The molecule has 15 heavy (non-hydrogen) atoms. The number of ether oxygens (including phenoxy) is 1. The zero-order valence-corrected chi connectivity index (χ0v) is 8.54. The third-order valence-corrected chi connectivity index (χ3v) is 3.05. The summed E-state index contributed by atoms with van der Waals surface area (Å²) >= 11 is 1.49. The Morgan fingerprint density at radius 3 is 3.07 bits per heavy atom. The predicted octanol–water partition coefficient (Wildman–Crippen LogP) is 1.44. The van der Waals surface area contributed by atoms with Gasteiger partial charge in [0.05, 0.1) is 5.75 Å². The number of Topliss-reactive ketones (excluding diaryl/α,β-unsaturated/α-hetero) is 1. The van der Waals surface area contributed by atoms with E-state index in [0.29, 0.717) is 17.1 Å². The smallest absolute Gasteiger partial charge is 0.341 e. The summed E-state index contributed by atoms with van der Waals surface area (Å²) in [6.45, 7) is -0.389. The van der Waals surface area contributed by atoms with E-state index in [-0.39, 0.29) is 12.4 Å². The van der Waals surface area contributed by atoms with E-state index in [1.54, 1.807) is 18.2 Å². The molecule has 5 heteroatoms. The molecule has 0 saturated carbocycles. The van der Waals surface area contributed by atoms with Gasteiger partial charge in [0.15, 0.2) is 12.4 Å². The fourth-order valence-corrected chi connectivity index (χ4v) is 2.24. The first-order chi connectivity index (χ1) is 7.16. The van der Waals surface area contributed by atoms with Gasteiger partial charge < -0.3 is 9.84 Å². The van der Waals surface area contributed by atoms with E-state index in [1.165, 1.54) is 11.8 Å². The summed E-state index contributed by atoms with van der Waals surface area (Å²) < 4.78 is 4.98. The number of ketones is 1. The number of benzene rings is 1. The normalized spacial score (nSPS) is 13.7. The van der Waals surface area contributed by atoms with Gasteiger partial charge in [0.1, 0.15) is 5.75 Å². The summed E-state index contributed by atoms with van der Waals surface area (Å²) in [7, 11) is 0. The van der Waals surface area contributed by atoms with Gasteiger partial charge >= 0.3 is 5.97 Å². The average molecular weight is 224 g/mol. The molecule has 0 aromatic heterocycles. The molecular weight excluding hydrogens is 216 g/mol. The molecule has 0 aliphatic carbocycles. The van der Waals surface area contributed by atoms with Gasteiger partial charge in [-0.3, -0.25) is 4.79 Å². The largest absolute Gasteiger partial charge is 0.482 e. The maximum Gasteiger partial charge on any atom is 0.341 e. The van der Waals surface area contributed by atoms with Crippen LogP contribution in [0.25, 0.3) is 0 Å². The molecule has 1 aromatic carbocycles. The highest BCUT2D eigenvalue weighted by molar-refractivity contribution is 8.00. The number of carboxylic acid groups (broad SMARTS) is 1. The number of carbonyl (C=O) groups excluding carboxylic acids is 1. The molecule has 1 aliphatic heterocycles. The Kier molecular flexibility index (Phi) is 2.64. The van der Waals surface area contributed by atoms with Crippen LogP contribution < -0.4 is 4.74 Å². The molecule has 0 bridgehead atoms. The first-order valence-corrected chi connectivity index (χ1v) is 5.30. The molecule has 2 rings (SSSR count). The van der Waals surface area contributed by atoms with Gasteiger partial charge in [-0.05, 0) is 18.2 Å². The molecule has 0 fully saturated rings. The van der Waals surface area contributed by atoms with E-state index >= 15 is 0 Å². The van der Waals surface area contributed by atoms with Crippen LogP contribution in [0.1, 0.15) is 10.4 Å². The van der Waals surface area contributed by atoms with Crippen LogP contribution in [-0.2, 0) is 4.79 Å². The average Bonchev–Trinajstić information content (AvgIpc) is 2.57. The van der Waals surface area contributed by atoms with Crippen LogP contribution >= 0.6 is 11.8 Å².